The molecule has 2 aromatic rings. The number of fused-ring (bicyclic) bond motifs is 1. The number of benzene rings is 2. The van der Waals surface area contributed by atoms with Gasteiger partial charge in [0, 0.05) is 6.54 Å². The second-order valence-electron chi connectivity index (χ2n) is 4.28. The Morgan fingerprint density at radius 2 is 1.81 bits per heavy atom. The van der Waals surface area contributed by atoms with Crippen LogP contribution in [0, 0.1) is 6.92 Å². The van der Waals surface area contributed by atoms with Crippen LogP contribution in [0.2, 0.25) is 0 Å². The summed E-state index contributed by atoms with van der Waals surface area (Å²) in [5.41, 5.74) is 7.80. The van der Waals surface area contributed by atoms with Crippen LogP contribution in [0.25, 0.3) is 10.8 Å². The Hall–Kier alpha value is -1.38. The van der Waals surface area contributed by atoms with Crippen LogP contribution in [-0.2, 0) is 6.42 Å². The highest BCUT2D eigenvalue weighted by Gasteiger charge is 2.03. The van der Waals surface area contributed by atoms with E-state index in [1.165, 1.54) is 16.3 Å². The molecule has 0 aliphatic rings. The Morgan fingerprint density at radius 3 is 2.56 bits per heavy atom. The molecule has 0 aromatic heterocycles. The smallest absolute Gasteiger partial charge is 0.0702 e. The minimum absolute atomic E-state index is 0.311. The number of aliphatic hydroxyl groups excluding tert-OH is 1. The molecule has 16 heavy (non-hydrogen) atoms. The van der Waals surface area contributed by atoms with Crippen molar-refractivity contribution in [3.8, 4) is 0 Å². The second-order valence-corrected chi connectivity index (χ2v) is 4.28. The molecule has 0 bridgehead atoms. The van der Waals surface area contributed by atoms with E-state index in [0.717, 1.165) is 5.56 Å². The van der Waals surface area contributed by atoms with Gasteiger partial charge in [-0.2, -0.15) is 0 Å². The van der Waals surface area contributed by atoms with Crippen LogP contribution in [0.4, 0.5) is 0 Å². The largest absolute Gasteiger partial charge is 0.391 e. The minimum Gasteiger partial charge on any atom is -0.391 e. The lowest BCUT2D eigenvalue weighted by Crippen LogP contribution is -2.21. The molecule has 0 heterocycles. The quantitative estimate of drug-likeness (QED) is 0.822. The number of hydrogen-bond donors (Lipinski definition) is 2. The summed E-state index contributed by atoms with van der Waals surface area (Å²) in [6.07, 6.45) is 0.184. The van der Waals surface area contributed by atoms with Crippen molar-refractivity contribution in [2.75, 3.05) is 6.54 Å². The van der Waals surface area contributed by atoms with E-state index in [0.29, 0.717) is 13.0 Å². The first-order valence-electron chi connectivity index (χ1n) is 5.56. The van der Waals surface area contributed by atoms with Gasteiger partial charge in [-0.3, -0.25) is 0 Å². The lowest BCUT2D eigenvalue weighted by molar-refractivity contribution is 0.183. The maximum Gasteiger partial charge on any atom is 0.0702 e. The van der Waals surface area contributed by atoms with Crippen LogP contribution < -0.4 is 5.73 Å². The zero-order chi connectivity index (χ0) is 11.5. The zero-order valence-corrected chi connectivity index (χ0v) is 9.48. The predicted octanol–water partition coefficient (Wildman–Crippen LogP) is 2.01. The number of hydrogen-bond acceptors (Lipinski definition) is 2. The molecule has 0 saturated heterocycles. The van der Waals surface area contributed by atoms with Gasteiger partial charge in [-0.1, -0.05) is 42.0 Å². The highest BCUT2D eigenvalue weighted by atomic mass is 16.3. The summed E-state index contributed by atoms with van der Waals surface area (Å²) in [6, 6.07) is 12.7. The Morgan fingerprint density at radius 1 is 1.12 bits per heavy atom. The van der Waals surface area contributed by atoms with Crippen LogP contribution in [0.5, 0.6) is 0 Å². The first kappa shape index (κ1) is 11.1. The fraction of sp³-hybridized carbons (Fsp3) is 0.286. The summed E-state index contributed by atoms with van der Waals surface area (Å²) in [5.74, 6) is 0. The number of rotatable bonds is 3. The lowest BCUT2D eigenvalue weighted by Gasteiger charge is -2.08. The number of nitrogens with two attached hydrogens (primary N) is 1. The van der Waals surface area contributed by atoms with Crippen molar-refractivity contribution in [3.05, 3.63) is 47.5 Å². The van der Waals surface area contributed by atoms with Crippen LogP contribution in [0.3, 0.4) is 0 Å². The molecule has 0 radical (unpaired) electrons. The van der Waals surface area contributed by atoms with Crippen molar-refractivity contribution < 1.29 is 5.11 Å². The van der Waals surface area contributed by atoms with Gasteiger partial charge in [0.1, 0.15) is 0 Å². The Kier molecular flexibility index (Phi) is 3.22. The van der Waals surface area contributed by atoms with Crippen molar-refractivity contribution in [3.63, 3.8) is 0 Å². The summed E-state index contributed by atoms with van der Waals surface area (Å²) >= 11 is 0. The van der Waals surface area contributed by atoms with E-state index in [1.807, 2.05) is 0 Å². The van der Waals surface area contributed by atoms with Gasteiger partial charge in [0.05, 0.1) is 6.10 Å². The van der Waals surface area contributed by atoms with Crippen molar-refractivity contribution in [1.29, 1.82) is 0 Å². The van der Waals surface area contributed by atoms with Gasteiger partial charge in [-0.15, -0.1) is 0 Å². The molecule has 2 nitrogen and oxygen atoms in total. The first-order valence-corrected chi connectivity index (χ1v) is 5.56. The van der Waals surface area contributed by atoms with Crippen molar-refractivity contribution in [1.82, 2.24) is 0 Å². The van der Waals surface area contributed by atoms with Crippen molar-refractivity contribution >= 4 is 10.8 Å². The average Bonchev–Trinajstić information content (AvgIpc) is 2.29. The summed E-state index contributed by atoms with van der Waals surface area (Å²) in [7, 11) is 0. The van der Waals surface area contributed by atoms with Crippen molar-refractivity contribution in [2.45, 2.75) is 19.4 Å². The molecular formula is C14H17NO. The third kappa shape index (κ3) is 2.40. The van der Waals surface area contributed by atoms with Crippen LogP contribution >= 0.6 is 0 Å². The summed E-state index contributed by atoms with van der Waals surface area (Å²) in [4.78, 5) is 0. The molecule has 0 saturated carbocycles. The normalized spacial score (nSPS) is 12.9. The van der Waals surface area contributed by atoms with E-state index in [-0.39, 0.29) is 0 Å². The number of aryl methyl sites for hydroxylation is 1. The van der Waals surface area contributed by atoms with Gasteiger partial charge in [-0.05, 0) is 29.7 Å². The average molecular weight is 215 g/mol. The highest BCUT2D eigenvalue weighted by molar-refractivity contribution is 5.83. The molecule has 2 rings (SSSR count). The van der Waals surface area contributed by atoms with Gasteiger partial charge in [0.15, 0.2) is 0 Å². The topological polar surface area (TPSA) is 46.2 Å². The molecule has 3 N–H and O–H groups in total. The molecule has 0 amide bonds. The van der Waals surface area contributed by atoms with E-state index in [4.69, 9.17) is 5.73 Å². The van der Waals surface area contributed by atoms with Gasteiger partial charge in [0.25, 0.3) is 0 Å². The first-order chi connectivity index (χ1) is 7.69. The summed E-state index contributed by atoms with van der Waals surface area (Å²) < 4.78 is 0. The number of aliphatic hydroxyl groups is 1. The van der Waals surface area contributed by atoms with E-state index < -0.39 is 6.10 Å². The molecule has 0 aliphatic carbocycles. The summed E-state index contributed by atoms with van der Waals surface area (Å²) in [5, 5.41) is 12.0. The lowest BCUT2D eigenvalue weighted by atomic mass is 10.0. The SMILES string of the molecule is Cc1ccc2cc(CC(O)CN)ccc2c1. The predicted molar refractivity (Wildman–Crippen MR) is 67.5 cm³/mol. The van der Waals surface area contributed by atoms with E-state index >= 15 is 0 Å². The Bertz CT molecular complexity index is 493. The third-order valence-electron chi connectivity index (χ3n) is 2.80. The minimum atomic E-state index is -0.442. The van der Waals surface area contributed by atoms with Crippen LogP contribution in [-0.4, -0.2) is 17.8 Å². The fourth-order valence-corrected chi connectivity index (χ4v) is 1.90. The second kappa shape index (κ2) is 4.64. The Balaban J connectivity index is 2.33. The Labute approximate surface area is 95.7 Å². The van der Waals surface area contributed by atoms with Crippen molar-refractivity contribution in [2.24, 2.45) is 5.73 Å². The van der Waals surface area contributed by atoms with E-state index in [2.05, 4.69) is 43.3 Å². The monoisotopic (exact) mass is 215 g/mol. The van der Waals surface area contributed by atoms with Gasteiger partial charge in [-0.25, -0.2) is 0 Å². The molecule has 0 fully saturated rings. The standard InChI is InChI=1S/C14H17NO/c1-10-2-4-13-7-11(8-14(16)9-15)3-5-12(13)6-10/h2-7,14,16H,8-9,15H2,1H3. The van der Waals surface area contributed by atoms with E-state index in [9.17, 15) is 5.11 Å². The maximum atomic E-state index is 9.50. The fourth-order valence-electron chi connectivity index (χ4n) is 1.90. The van der Waals surface area contributed by atoms with E-state index in [1.54, 1.807) is 0 Å². The molecule has 84 valence electrons. The van der Waals surface area contributed by atoms with Gasteiger partial charge in [0.2, 0.25) is 0 Å². The zero-order valence-electron chi connectivity index (χ0n) is 9.48. The van der Waals surface area contributed by atoms with Gasteiger partial charge >= 0.3 is 0 Å². The molecule has 2 aromatic carbocycles. The molecule has 2 heteroatoms. The molecular weight excluding hydrogens is 198 g/mol. The molecule has 1 atom stereocenters. The third-order valence-corrected chi connectivity index (χ3v) is 2.80. The maximum absolute atomic E-state index is 9.50. The molecule has 0 aliphatic heterocycles. The summed E-state index contributed by atoms with van der Waals surface area (Å²) in [6.45, 7) is 2.40. The van der Waals surface area contributed by atoms with Crippen LogP contribution in [0.15, 0.2) is 36.4 Å². The highest BCUT2D eigenvalue weighted by Crippen LogP contribution is 2.18. The molecule has 0 spiro atoms. The van der Waals surface area contributed by atoms with Crippen LogP contribution in [0.1, 0.15) is 11.1 Å². The van der Waals surface area contributed by atoms with Gasteiger partial charge < -0.3 is 10.8 Å². The molecule has 1 unspecified atom stereocenters.